The standard InChI is InChI=1S/C19H26N2O4/c1-2-24-18(22)14-9-11-21(12-10-14)19(23)20-16-7-5-13-25-17-8-4-3-6-15(16)17/h3-4,6,8,14,16H,2,5,7,9-13H2,1H3,(H,20,23). The first-order valence-corrected chi connectivity index (χ1v) is 9.13. The minimum absolute atomic E-state index is 0.0334. The number of piperidine rings is 1. The van der Waals surface area contributed by atoms with E-state index in [9.17, 15) is 9.59 Å². The molecule has 1 saturated heterocycles. The maximum absolute atomic E-state index is 12.6. The van der Waals surface area contributed by atoms with Crippen LogP contribution in [0, 0.1) is 5.92 Å². The van der Waals surface area contributed by atoms with Crippen molar-refractivity contribution in [1.29, 1.82) is 0 Å². The third kappa shape index (κ3) is 4.24. The molecule has 0 aromatic heterocycles. The minimum atomic E-state index is -0.141. The predicted octanol–water partition coefficient (Wildman–Crippen LogP) is 2.89. The van der Waals surface area contributed by atoms with E-state index in [2.05, 4.69) is 5.32 Å². The van der Waals surface area contributed by atoms with Crippen molar-refractivity contribution in [2.24, 2.45) is 5.92 Å². The monoisotopic (exact) mass is 346 g/mol. The van der Waals surface area contributed by atoms with E-state index < -0.39 is 0 Å². The van der Waals surface area contributed by atoms with E-state index in [0.717, 1.165) is 24.2 Å². The number of rotatable bonds is 3. The molecule has 1 N–H and O–H groups in total. The molecule has 1 aromatic rings. The summed E-state index contributed by atoms with van der Waals surface area (Å²) >= 11 is 0. The maximum atomic E-state index is 12.6. The number of benzene rings is 1. The van der Waals surface area contributed by atoms with Gasteiger partial charge in [0.15, 0.2) is 0 Å². The Morgan fingerprint density at radius 1 is 1.24 bits per heavy atom. The molecule has 136 valence electrons. The van der Waals surface area contributed by atoms with Gasteiger partial charge in [-0.15, -0.1) is 0 Å². The molecule has 0 bridgehead atoms. The molecule has 25 heavy (non-hydrogen) atoms. The van der Waals surface area contributed by atoms with Crippen molar-refractivity contribution >= 4 is 12.0 Å². The molecule has 0 aliphatic carbocycles. The third-order valence-electron chi connectivity index (χ3n) is 4.89. The molecule has 0 spiro atoms. The molecular formula is C19H26N2O4. The predicted molar refractivity (Wildman–Crippen MR) is 93.4 cm³/mol. The SMILES string of the molecule is CCOC(=O)C1CCN(C(=O)NC2CCCOc3ccccc32)CC1. The Labute approximate surface area is 148 Å². The summed E-state index contributed by atoms with van der Waals surface area (Å²) in [4.78, 5) is 26.3. The minimum Gasteiger partial charge on any atom is -0.493 e. The lowest BCUT2D eigenvalue weighted by atomic mass is 9.97. The number of para-hydroxylation sites is 1. The first-order chi connectivity index (χ1) is 12.2. The van der Waals surface area contributed by atoms with E-state index in [-0.39, 0.29) is 24.0 Å². The van der Waals surface area contributed by atoms with Crippen molar-refractivity contribution in [2.75, 3.05) is 26.3 Å². The maximum Gasteiger partial charge on any atom is 0.317 e. The number of ether oxygens (including phenoxy) is 2. The normalized spacial score (nSPS) is 20.8. The molecule has 1 fully saturated rings. The van der Waals surface area contributed by atoms with Crippen LogP contribution in [0.5, 0.6) is 5.75 Å². The first-order valence-electron chi connectivity index (χ1n) is 9.13. The zero-order valence-electron chi connectivity index (χ0n) is 14.7. The molecule has 0 saturated carbocycles. The van der Waals surface area contributed by atoms with Crippen molar-refractivity contribution in [1.82, 2.24) is 10.2 Å². The first kappa shape index (κ1) is 17.6. The number of nitrogens with one attached hydrogen (secondary N) is 1. The number of hydrogen-bond donors (Lipinski definition) is 1. The topological polar surface area (TPSA) is 67.9 Å². The highest BCUT2D eigenvalue weighted by Gasteiger charge is 2.30. The van der Waals surface area contributed by atoms with Crippen molar-refractivity contribution in [2.45, 2.75) is 38.6 Å². The molecule has 6 nitrogen and oxygen atoms in total. The second-order valence-corrected chi connectivity index (χ2v) is 6.54. The van der Waals surface area contributed by atoms with Crippen molar-refractivity contribution < 1.29 is 19.1 Å². The molecule has 2 aliphatic rings. The fourth-order valence-corrected chi connectivity index (χ4v) is 3.49. The summed E-state index contributed by atoms with van der Waals surface area (Å²) in [6, 6.07) is 7.78. The van der Waals surface area contributed by atoms with Crippen LogP contribution in [0.1, 0.15) is 44.2 Å². The molecule has 0 radical (unpaired) electrons. The van der Waals surface area contributed by atoms with Gasteiger partial charge in [-0.2, -0.15) is 0 Å². The Morgan fingerprint density at radius 2 is 2.00 bits per heavy atom. The quantitative estimate of drug-likeness (QED) is 0.855. The number of amides is 2. The van der Waals surface area contributed by atoms with E-state index >= 15 is 0 Å². The molecule has 1 atom stereocenters. The molecule has 1 unspecified atom stereocenters. The number of hydrogen-bond acceptors (Lipinski definition) is 4. The van der Waals surface area contributed by atoms with E-state index in [4.69, 9.17) is 9.47 Å². The van der Waals surface area contributed by atoms with Gasteiger partial charge in [0.05, 0.1) is 25.2 Å². The lowest BCUT2D eigenvalue weighted by molar-refractivity contribution is -0.149. The van der Waals surface area contributed by atoms with E-state index in [1.165, 1.54) is 0 Å². The van der Waals surface area contributed by atoms with Crippen molar-refractivity contribution in [3.63, 3.8) is 0 Å². The van der Waals surface area contributed by atoms with Crippen LogP contribution >= 0.6 is 0 Å². The van der Waals surface area contributed by atoms with Gasteiger partial charge >= 0.3 is 12.0 Å². The molecule has 2 heterocycles. The zero-order chi connectivity index (χ0) is 17.6. The number of fused-ring (bicyclic) bond motifs is 1. The summed E-state index contributed by atoms with van der Waals surface area (Å²) in [5.41, 5.74) is 1.04. The van der Waals surface area contributed by atoms with Gasteiger partial charge in [0.2, 0.25) is 0 Å². The van der Waals surface area contributed by atoms with E-state index in [1.54, 1.807) is 4.90 Å². The van der Waals surface area contributed by atoms with Gasteiger partial charge in [-0.25, -0.2) is 4.79 Å². The third-order valence-corrected chi connectivity index (χ3v) is 4.89. The number of carbonyl (C=O) groups is 2. The second kappa shape index (κ2) is 8.23. The number of carbonyl (C=O) groups excluding carboxylic acids is 2. The Hall–Kier alpha value is -2.24. The summed E-state index contributed by atoms with van der Waals surface area (Å²) in [5, 5.41) is 3.14. The lowest BCUT2D eigenvalue weighted by Gasteiger charge is -2.32. The average molecular weight is 346 g/mol. The van der Waals surface area contributed by atoms with Crippen LogP contribution in [0.2, 0.25) is 0 Å². The Morgan fingerprint density at radius 3 is 2.76 bits per heavy atom. The van der Waals surface area contributed by atoms with Crippen LogP contribution in [0.3, 0.4) is 0 Å². The highest BCUT2D eigenvalue weighted by molar-refractivity contribution is 5.76. The van der Waals surface area contributed by atoms with E-state index in [0.29, 0.717) is 39.1 Å². The van der Waals surface area contributed by atoms with Crippen LogP contribution < -0.4 is 10.1 Å². The molecule has 2 amide bonds. The van der Waals surface area contributed by atoms with Gasteiger partial charge in [0, 0.05) is 18.7 Å². The Kier molecular flexibility index (Phi) is 5.79. The fraction of sp³-hybridized carbons (Fsp3) is 0.579. The highest BCUT2D eigenvalue weighted by Crippen LogP contribution is 2.31. The second-order valence-electron chi connectivity index (χ2n) is 6.54. The van der Waals surface area contributed by atoms with Gasteiger partial charge in [-0.05, 0) is 38.7 Å². The van der Waals surface area contributed by atoms with Crippen LogP contribution in [-0.4, -0.2) is 43.2 Å². The average Bonchev–Trinajstić information content (AvgIpc) is 2.84. The lowest BCUT2D eigenvalue weighted by Crippen LogP contribution is -2.46. The molecule has 6 heteroatoms. The molecular weight excluding hydrogens is 320 g/mol. The summed E-state index contributed by atoms with van der Waals surface area (Å²) in [7, 11) is 0. The summed E-state index contributed by atoms with van der Waals surface area (Å²) in [6.45, 7) is 4.06. The van der Waals surface area contributed by atoms with Gasteiger partial charge in [0.25, 0.3) is 0 Å². The van der Waals surface area contributed by atoms with Crippen LogP contribution in [0.25, 0.3) is 0 Å². The van der Waals surface area contributed by atoms with Gasteiger partial charge in [-0.3, -0.25) is 4.79 Å². The Bertz CT molecular complexity index is 611. The molecule has 2 aliphatic heterocycles. The van der Waals surface area contributed by atoms with E-state index in [1.807, 2.05) is 31.2 Å². The van der Waals surface area contributed by atoms with Crippen LogP contribution in [0.15, 0.2) is 24.3 Å². The number of likely N-dealkylation sites (tertiary alicyclic amines) is 1. The molecule has 1 aromatic carbocycles. The summed E-state index contributed by atoms with van der Waals surface area (Å²) < 4.78 is 10.8. The van der Waals surface area contributed by atoms with Gasteiger partial charge in [0.1, 0.15) is 5.75 Å². The van der Waals surface area contributed by atoms with Crippen molar-refractivity contribution in [3.8, 4) is 5.75 Å². The van der Waals surface area contributed by atoms with Crippen LogP contribution in [-0.2, 0) is 9.53 Å². The number of esters is 1. The highest BCUT2D eigenvalue weighted by atomic mass is 16.5. The largest absolute Gasteiger partial charge is 0.493 e. The van der Waals surface area contributed by atoms with Crippen LogP contribution in [0.4, 0.5) is 4.79 Å². The summed E-state index contributed by atoms with van der Waals surface area (Å²) in [5.74, 6) is 0.625. The zero-order valence-corrected chi connectivity index (χ0v) is 14.7. The Balaban J connectivity index is 1.57. The smallest absolute Gasteiger partial charge is 0.317 e. The van der Waals surface area contributed by atoms with Crippen molar-refractivity contribution in [3.05, 3.63) is 29.8 Å². The summed E-state index contributed by atoms with van der Waals surface area (Å²) in [6.07, 6.45) is 3.10. The number of urea groups is 1. The molecule has 3 rings (SSSR count). The van der Waals surface area contributed by atoms with Gasteiger partial charge < -0.3 is 19.7 Å². The number of nitrogens with zero attached hydrogens (tertiary/aromatic N) is 1. The fourth-order valence-electron chi connectivity index (χ4n) is 3.49. The van der Waals surface area contributed by atoms with Gasteiger partial charge in [-0.1, -0.05) is 18.2 Å².